The molecule has 1 rings (SSSR count). The minimum Gasteiger partial charge on any atom is -0.356 e. The molecule has 0 aliphatic heterocycles. The van der Waals surface area contributed by atoms with Gasteiger partial charge in [0.2, 0.25) is 0 Å². The summed E-state index contributed by atoms with van der Waals surface area (Å²) in [4.78, 5) is 5.30. The predicted octanol–water partition coefficient (Wildman–Crippen LogP) is 3.22. The number of halogens is 1. The number of guanidine groups is 1. The maximum Gasteiger partial charge on any atom is 0.191 e. The maximum atomic E-state index is 12.8. The molecule has 1 aromatic rings. The molecule has 0 spiro atoms. The molecule has 0 saturated heterocycles. The maximum absolute atomic E-state index is 12.8. The highest BCUT2D eigenvalue weighted by atomic mass is 32.2. The van der Waals surface area contributed by atoms with E-state index in [0.29, 0.717) is 5.25 Å². The van der Waals surface area contributed by atoms with Crippen molar-refractivity contribution >= 4 is 29.5 Å². The van der Waals surface area contributed by atoms with Gasteiger partial charge in [-0.1, -0.05) is 6.92 Å². The number of hydrogen-bond donors (Lipinski definition) is 2. The first-order chi connectivity index (χ1) is 10.2. The molecule has 0 fully saturated rings. The van der Waals surface area contributed by atoms with Crippen molar-refractivity contribution in [1.82, 2.24) is 10.6 Å². The van der Waals surface area contributed by atoms with Gasteiger partial charge in [0, 0.05) is 30.3 Å². The van der Waals surface area contributed by atoms with Crippen LogP contribution in [0.25, 0.3) is 0 Å². The van der Waals surface area contributed by atoms with Crippen molar-refractivity contribution < 1.29 is 4.39 Å². The highest BCUT2D eigenvalue weighted by Gasteiger charge is 2.01. The Morgan fingerprint density at radius 1 is 1.29 bits per heavy atom. The van der Waals surface area contributed by atoms with Gasteiger partial charge < -0.3 is 10.6 Å². The summed E-state index contributed by atoms with van der Waals surface area (Å²) in [5, 5.41) is 7.17. The number of hydrogen-bond acceptors (Lipinski definition) is 3. The summed E-state index contributed by atoms with van der Waals surface area (Å²) in [6.07, 6.45) is 3.13. The molecule has 1 unspecified atom stereocenters. The fourth-order valence-corrected chi connectivity index (χ4v) is 2.65. The fourth-order valence-electron chi connectivity index (χ4n) is 1.54. The number of nitrogens with one attached hydrogen (secondary N) is 2. The van der Waals surface area contributed by atoms with Crippen LogP contribution in [-0.4, -0.2) is 43.4 Å². The molecule has 3 nitrogen and oxygen atoms in total. The van der Waals surface area contributed by atoms with Crippen molar-refractivity contribution in [2.24, 2.45) is 4.99 Å². The van der Waals surface area contributed by atoms with Gasteiger partial charge >= 0.3 is 0 Å². The van der Waals surface area contributed by atoms with Crippen LogP contribution in [0.5, 0.6) is 0 Å². The van der Waals surface area contributed by atoms with E-state index < -0.39 is 0 Å². The van der Waals surface area contributed by atoms with Crippen LogP contribution in [0, 0.1) is 5.82 Å². The lowest BCUT2D eigenvalue weighted by molar-refractivity contribution is 0.626. The molecular weight excluding hydrogens is 305 g/mol. The van der Waals surface area contributed by atoms with Crippen molar-refractivity contribution in [2.45, 2.75) is 23.5 Å². The Morgan fingerprint density at radius 2 is 2.00 bits per heavy atom. The molecule has 0 saturated carbocycles. The van der Waals surface area contributed by atoms with Gasteiger partial charge in [-0.2, -0.15) is 11.8 Å². The second kappa shape index (κ2) is 10.8. The summed E-state index contributed by atoms with van der Waals surface area (Å²) in [5.74, 6) is 1.66. The van der Waals surface area contributed by atoms with Gasteiger partial charge in [-0.15, -0.1) is 11.8 Å². The third-order valence-corrected chi connectivity index (χ3v) is 4.95. The summed E-state index contributed by atoms with van der Waals surface area (Å²) in [6.45, 7) is 3.97. The summed E-state index contributed by atoms with van der Waals surface area (Å²) >= 11 is 3.57. The lowest BCUT2D eigenvalue weighted by Gasteiger charge is -2.14. The second-order valence-corrected chi connectivity index (χ2v) is 7.03. The smallest absolute Gasteiger partial charge is 0.191 e. The van der Waals surface area contributed by atoms with E-state index in [9.17, 15) is 4.39 Å². The molecule has 0 bridgehead atoms. The average Bonchev–Trinajstić information content (AvgIpc) is 2.51. The normalized spacial score (nSPS) is 13.0. The molecule has 21 heavy (non-hydrogen) atoms. The molecule has 1 atom stereocenters. The average molecular weight is 330 g/mol. The van der Waals surface area contributed by atoms with Crippen molar-refractivity contribution in [3.63, 3.8) is 0 Å². The van der Waals surface area contributed by atoms with E-state index in [1.807, 2.05) is 23.9 Å². The number of aliphatic imine (C=N–C) groups is 1. The quantitative estimate of drug-likeness (QED) is 0.332. The van der Waals surface area contributed by atoms with Crippen LogP contribution in [0.3, 0.4) is 0 Å². The summed E-state index contributed by atoms with van der Waals surface area (Å²) in [7, 11) is 1.78. The van der Waals surface area contributed by atoms with E-state index in [2.05, 4.69) is 28.8 Å². The lowest BCUT2D eigenvalue weighted by atomic mass is 10.4. The Morgan fingerprint density at radius 3 is 2.62 bits per heavy atom. The van der Waals surface area contributed by atoms with E-state index >= 15 is 0 Å². The van der Waals surface area contributed by atoms with Crippen molar-refractivity contribution in [2.75, 3.05) is 32.1 Å². The first-order valence-electron chi connectivity index (χ1n) is 7.01. The minimum absolute atomic E-state index is 0.185. The predicted molar refractivity (Wildman–Crippen MR) is 94.1 cm³/mol. The number of rotatable bonds is 8. The number of nitrogens with zero attached hydrogens (tertiary/aromatic N) is 1. The Balaban J connectivity index is 2.13. The highest BCUT2D eigenvalue weighted by Crippen LogP contribution is 2.18. The van der Waals surface area contributed by atoms with Gasteiger partial charge in [-0.25, -0.2) is 4.39 Å². The lowest BCUT2D eigenvalue weighted by Crippen LogP contribution is -2.40. The molecular formula is C15H24FN3S2. The molecule has 0 aliphatic rings. The summed E-state index contributed by atoms with van der Waals surface area (Å²) in [6, 6.07) is 6.63. The zero-order chi connectivity index (χ0) is 15.5. The Bertz CT molecular complexity index is 423. The van der Waals surface area contributed by atoms with Crippen molar-refractivity contribution in [1.29, 1.82) is 0 Å². The number of thioether (sulfide) groups is 2. The first kappa shape index (κ1) is 18.2. The summed E-state index contributed by atoms with van der Waals surface area (Å²) < 4.78 is 12.8. The fraction of sp³-hybridized carbons (Fsp3) is 0.533. The molecule has 0 amide bonds. The topological polar surface area (TPSA) is 36.4 Å². The van der Waals surface area contributed by atoms with Crippen LogP contribution in [0.4, 0.5) is 4.39 Å². The highest BCUT2D eigenvalue weighted by molar-refractivity contribution is 7.99. The van der Waals surface area contributed by atoms with Crippen molar-refractivity contribution in [3.8, 4) is 0 Å². The molecule has 6 heteroatoms. The van der Waals surface area contributed by atoms with E-state index in [4.69, 9.17) is 0 Å². The van der Waals surface area contributed by atoms with Crippen LogP contribution in [0.15, 0.2) is 34.2 Å². The SMILES string of the molecule is CN=C(NCCCSc1ccc(F)cc1)NCC(C)SC. The Labute approximate surface area is 135 Å². The van der Waals surface area contributed by atoms with E-state index in [1.54, 1.807) is 18.8 Å². The summed E-state index contributed by atoms with van der Waals surface area (Å²) in [5.41, 5.74) is 0. The van der Waals surface area contributed by atoms with E-state index in [0.717, 1.165) is 36.1 Å². The standard InChI is InChI=1S/C15H24FN3S2/c1-12(20-3)11-19-15(17-2)18-9-4-10-21-14-7-5-13(16)6-8-14/h5-8,12H,4,9-11H2,1-3H3,(H2,17,18,19). The monoisotopic (exact) mass is 329 g/mol. The largest absolute Gasteiger partial charge is 0.356 e. The zero-order valence-corrected chi connectivity index (χ0v) is 14.5. The molecule has 2 N–H and O–H groups in total. The molecule has 0 radical (unpaired) electrons. The molecule has 0 aliphatic carbocycles. The van der Waals surface area contributed by atoms with Gasteiger partial charge in [0.25, 0.3) is 0 Å². The molecule has 0 heterocycles. The van der Waals surface area contributed by atoms with E-state index in [-0.39, 0.29) is 5.82 Å². The van der Waals surface area contributed by atoms with Gasteiger partial charge in [0.1, 0.15) is 5.82 Å². The second-order valence-electron chi connectivity index (χ2n) is 4.58. The van der Waals surface area contributed by atoms with Crippen LogP contribution in [-0.2, 0) is 0 Å². The number of benzene rings is 1. The van der Waals surface area contributed by atoms with Crippen LogP contribution >= 0.6 is 23.5 Å². The third kappa shape index (κ3) is 8.21. The molecule has 1 aromatic carbocycles. The molecule has 0 aromatic heterocycles. The van der Waals surface area contributed by atoms with Crippen LogP contribution < -0.4 is 10.6 Å². The van der Waals surface area contributed by atoms with Gasteiger partial charge in [-0.3, -0.25) is 4.99 Å². The first-order valence-corrected chi connectivity index (χ1v) is 9.28. The van der Waals surface area contributed by atoms with Crippen LogP contribution in [0.1, 0.15) is 13.3 Å². The minimum atomic E-state index is -0.185. The zero-order valence-electron chi connectivity index (χ0n) is 12.9. The van der Waals surface area contributed by atoms with Gasteiger partial charge in [-0.05, 0) is 42.7 Å². The van der Waals surface area contributed by atoms with E-state index in [1.165, 1.54) is 12.1 Å². The van der Waals surface area contributed by atoms with Gasteiger partial charge in [0.05, 0.1) is 0 Å². The Kier molecular flexibility index (Phi) is 9.34. The Hall–Kier alpha value is -0.880. The third-order valence-electron chi connectivity index (χ3n) is 2.88. The van der Waals surface area contributed by atoms with Crippen molar-refractivity contribution in [3.05, 3.63) is 30.1 Å². The van der Waals surface area contributed by atoms with Crippen LogP contribution in [0.2, 0.25) is 0 Å². The van der Waals surface area contributed by atoms with Gasteiger partial charge in [0.15, 0.2) is 5.96 Å². The molecule has 118 valence electrons.